The summed E-state index contributed by atoms with van der Waals surface area (Å²) < 4.78 is 4.62. The van der Waals surface area contributed by atoms with Gasteiger partial charge in [0.2, 0.25) is 0 Å². The van der Waals surface area contributed by atoms with Gasteiger partial charge in [-0.25, -0.2) is 24.9 Å². The maximum atomic E-state index is 5.09. The molecule has 0 spiro atoms. The van der Waals surface area contributed by atoms with Gasteiger partial charge >= 0.3 is 0 Å². The Balaban J connectivity index is 0.966. The molecule has 258 valence electrons. The third-order valence-electron chi connectivity index (χ3n) is 10.0. The maximum Gasteiger partial charge on any atom is 0.164 e. The molecule has 6 nitrogen and oxygen atoms in total. The summed E-state index contributed by atoms with van der Waals surface area (Å²) in [6.45, 7) is 0. The van der Waals surface area contributed by atoms with Gasteiger partial charge in [-0.2, -0.15) is 0 Å². The fourth-order valence-corrected chi connectivity index (χ4v) is 9.03. The lowest BCUT2D eigenvalue weighted by Crippen LogP contribution is -1.99. The van der Waals surface area contributed by atoms with Gasteiger partial charge in [-0.05, 0) is 71.8 Å². The highest BCUT2D eigenvalue weighted by Crippen LogP contribution is 2.38. The average Bonchev–Trinajstić information content (AvgIpc) is 3.99. The summed E-state index contributed by atoms with van der Waals surface area (Å²) in [5.74, 6) is 1.92. The maximum absolute atomic E-state index is 5.09. The molecule has 11 aromatic rings. The van der Waals surface area contributed by atoms with Gasteiger partial charge in [-0.15, -0.1) is 22.7 Å². The first-order chi connectivity index (χ1) is 27.2. The second-order valence-electron chi connectivity index (χ2n) is 13.4. The first-order valence-electron chi connectivity index (χ1n) is 18.0. The molecule has 0 atom stereocenters. The van der Waals surface area contributed by atoms with Gasteiger partial charge < -0.3 is 4.57 Å². The van der Waals surface area contributed by atoms with E-state index in [1.54, 1.807) is 22.7 Å². The lowest BCUT2D eigenvalue weighted by molar-refractivity contribution is 1.07. The fraction of sp³-hybridized carbons (Fsp3) is 0. The monoisotopic (exact) mass is 740 g/mol. The van der Waals surface area contributed by atoms with Crippen molar-refractivity contribution in [2.24, 2.45) is 0 Å². The molecule has 0 fully saturated rings. The van der Waals surface area contributed by atoms with Crippen LogP contribution in [0.1, 0.15) is 0 Å². The first-order valence-corrected chi connectivity index (χ1v) is 19.7. The molecule has 0 aliphatic heterocycles. The van der Waals surface area contributed by atoms with Crippen molar-refractivity contribution in [2.75, 3.05) is 0 Å². The van der Waals surface area contributed by atoms with Crippen LogP contribution in [0.25, 0.3) is 104 Å². The Bertz CT molecular complexity index is 3160. The van der Waals surface area contributed by atoms with E-state index in [0.717, 1.165) is 59.8 Å². The topological polar surface area (TPSA) is 69.4 Å². The van der Waals surface area contributed by atoms with Gasteiger partial charge in [0.25, 0.3) is 0 Å². The third-order valence-corrected chi connectivity index (χ3v) is 11.9. The molecule has 0 amide bonds. The minimum atomic E-state index is 0.631. The summed E-state index contributed by atoms with van der Waals surface area (Å²) in [4.78, 5) is 24.4. The van der Waals surface area contributed by atoms with E-state index in [0.29, 0.717) is 17.5 Å². The van der Waals surface area contributed by atoms with E-state index in [1.165, 1.54) is 26.5 Å². The number of fused-ring (bicyclic) bond motifs is 5. The van der Waals surface area contributed by atoms with Crippen molar-refractivity contribution >= 4 is 64.9 Å². The number of hydrogen-bond acceptors (Lipinski definition) is 7. The van der Waals surface area contributed by atoms with Crippen LogP contribution < -0.4 is 0 Å². The summed E-state index contributed by atoms with van der Waals surface area (Å²) in [6, 6.07) is 57.1. The van der Waals surface area contributed by atoms with Crippen LogP contribution in [-0.4, -0.2) is 29.5 Å². The Labute approximate surface area is 323 Å². The molecule has 0 saturated carbocycles. The Morgan fingerprint density at radius 3 is 1.85 bits per heavy atom. The SMILES string of the molecule is c1ccc(-c2nc(-c3ccccc3)nc(-c3ccc4nc(-c5cccc(-c6ccc7c(c6)c6ccccc6n7-c6ccc7scnc7c6)c5)sc4c3)n2)cc1. The van der Waals surface area contributed by atoms with E-state index in [9.17, 15) is 0 Å². The molecule has 0 unspecified atom stereocenters. The van der Waals surface area contributed by atoms with E-state index in [4.69, 9.17) is 19.9 Å². The minimum Gasteiger partial charge on any atom is -0.309 e. The molecule has 0 aliphatic carbocycles. The van der Waals surface area contributed by atoms with Crippen molar-refractivity contribution in [1.82, 2.24) is 29.5 Å². The molecule has 0 bridgehead atoms. The third kappa shape index (κ3) is 5.58. The Morgan fingerprint density at radius 2 is 1.05 bits per heavy atom. The summed E-state index contributed by atoms with van der Waals surface area (Å²) in [5.41, 5.74) is 13.5. The van der Waals surface area contributed by atoms with E-state index >= 15 is 0 Å². The van der Waals surface area contributed by atoms with Gasteiger partial charge in [0.15, 0.2) is 17.5 Å². The minimum absolute atomic E-state index is 0.631. The van der Waals surface area contributed by atoms with Crippen LogP contribution in [0.2, 0.25) is 0 Å². The molecule has 8 heteroatoms. The van der Waals surface area contributed by atoms with Crippen LogP contribution in [0.15, 0.2) is 169 Å². The second-order valence-corrected chi connectivity index (χ2v) is 15.3. The summed E-state index contributed by atoms with van der Waals surface area (Å²) in [6.07, 6.45) is 0. The van der Waals surface area contributed by atoms with Gasteiger partial charge in [0.05, 0.1) is 37.0 Å². The van der Waals surface area contributed by atoms with Crippen molar-refractivity contribution in [3.05, 3.63) is 169 Å². The molecule has 4 heterocycles. The quantitative estimate of drug-likeness (QED) is 0.170. The predicted octanol–water partition coefficient (Wildman–Crippen LogP) is 12.5. The number of thiazole rings is 2. The molecule has 0 N–H and O–H groups in total. The number of hydrogen-bond donors (Lipinski definition) is 0. The van der Waals surface area contributed by atoms with Crippen molar-refractivity contribution in [1.29, 1.82) is 0 Å². The van der Waals surface area contributed by atoms with E-state index in [1.807, 2.05) is 66.2 Å². The van der Waals surface area contributed by atoms with Gasteiger partial charge in [-0.1, -0.05) is 103 Å². The standard InChI is InChI=1S/C47H28N6S2/c1-3-10-29(11-4-1)44-50-45(30-12-5-2-6-13-30)52-46(51-44)33-18-21-38-43(26-33)55-47(49-38)34-15-9-14-31(24-34)32-19-22-41-37(25-32)36-16-7-8-17-40(36)53(41)35-20-23-42-39(27-35)48-28-54-42/h1-28H. The number of benzene rings is 7. The van der Waals surface area contributed by atoms with Crippen molar-refractivity contribution in [2.45, 2.75) is 0 Å². The van der Waals surface area contributed by atoms with Gasteiger partial charge in [0, 0.05) is 38.7 Å². The first kappa shape index (κ1) is 31.6. The zero-order valence-corrected chi connectivity index (χ0v) is 30.8. The lowest BCUT2D eigenvalue weighted by Gasteiger charge is -2.09. The zero-order chi connectivity index (χ0) is 36.3. The van der Waals surface area contributed by atoms with Crippen molar-refractivity contribution in [3.8, 4) is 61.5 Å². The number of aromatic nitrogens is 6. The molecule has 0 radical (unpaired) electrons. The molecule has 11 rings (SSSR count). The zero-order valence-electron chi connectivity index (χ0n) is 29.2. The molecular weight excluding hydrogens is 713 g/mol. The van der Waals surface area contributed by atoms with Crippen LogP contribution in [0, 0.1) is 0 Å². The Hall–Kier alpha value is -6.87. The highest BCUT2D eigenvalue weighted by Gasteiger charge is 2.17. The van der Waals surface area contributed by atoms with Gasteiger partial charge in [-0.3, -0.25) is 0 Å². The lowest BCUT2D eigenvalue weighted by atomic mass is 10.0. The van der Waals surface area contributed by atoms with Crippen LogP contribution in [0.3, 0.4) is 0 Å². The molecule has 55 heavy (non-hydrogen) atoms. The molecule has 7 aromatic carbocycles. The van der Waals surface area contributed by atoms with Crippen LogP contribution in [-0.2, 0) is 0 Å². The highest BCUT2D eigenvalue weighted by molar-refractivity contribution is 7.21. The number of para-hydroxylation sites is 1. The second kappa shape index (κ2) is 12.9. The Kier molecular flexibility index (Phi) is 7.43. The van der Waals surface area contributed by atoms with E-state index < -0.39 is 0 Å². The van der Waals surface area contributed by atoms with Crippen LogP contribution >= 0.6 is 22.7 Å². The molecular formula is C47H28N6S2. The van der Waals surface area contributed by atoms with E-state index in [-0.39, 0.29) is 0 Å². The normalized spacial score (nSPS) is 11.6. The fourth-order valence-electron chi connectivity index (χ4n) is 7.37. The van der Waals surface area contributed by atoms with Crippen molar-refractivity contribution in [3.63, 3.8) is 0 Å². The summed E-state index contributed by atoms with van der Waals surface area (Å²) in [5, 5.41) is 3.41. The summed E-state index contributed by atoms with van der Waals surface area (Å²) >= 11 is 3.35. The van der Waals surface area contributed by atoms with Crippen LogP contribution in [0.4, 0.5) is 0 Å². The highest BCUT2D eigenvalue weighted by atomic mass is 32.1. The summed E-state index contributed by atoms with van der Waals surface area (Å²) in [7, 11) is 0. The average molecular weight is 741 g/mol. The molecule has 0 aliphatic rings. The molecule has 4 aromatic heterocycles. The number of nitrogens with zero attached hydrogens (tertiary/aromatic N) is 6. The van der Waals surface area contributed by atoms with Gasteiger partial charge in [0.1, 0.15) is 5.01 Å². The smallest absolute Gasteiger partial charge is 0.164 e. The largest absolute Gasteiger partial charge is 0.309 e. The molecule has 0 saturated heterocycles. The Morgan fingerprint density at radius 1 is 0.400 bits per heavy atom. The van der Waals surface area contributed by atoms with Crippen LogP contribution in [0.5, 0.6) is 0 Å². The van der Waals surface area contributed by atoms with E-state index in [2.05, 4.69) is 113 Å². The predicted molar refractivity (Wildman–Crippen MR) is 228 cm³/mol. The van der Waals surface area contributed by atoms with Crippen molar-refractivity contribution < 1.29 is 0 Å². The number of rotatable bonds is 6.